The van der Waals surface area contributed by atoms with E-state index in [4.69, 9.17) is 9.15 Å². The summed E-state index contributed by atoms with van der Waals surface area (Å²) in [6, 6.07) is 16.5. The van der Waals surface area contributed by atoms with Gasteiger partial charge in [-0.15, -0.1) is 0 Å². The van der Waals surface area contributed by atoms with Gasteiger partial charge in [0, 0.05) is 31.7 Å². The zero-order valence-corrected chi connectivity index (χ0v) is 20.0. The summed E-state index contributed by atoms with van der Waals surface area (Å²) >= 11 is 0. The topological polar surface area (TPSA) is 99.7 Å². The van der Waals surface area contributed by atoms with Crippen molar-refractivity contribution >= 4 is 15.9 Å². The van der Waals surface area contributed by atoms with E-state index in [1.165, 1.54) is 9.87 Å². The van der Waals surface area contributed by atoms with Crippen molar-refractivity contribution < 1.29 is 17.6 Å². The molecular formula is C25H26N4O4S. The number of morpholine rings is 1. The summed E-state index contributed by atoms with van der Waals surface area (Å²) in [5, 5.41) is 9.59. The highest BCUT2D eigenvalue weighted by Crippen LogP contribution is 2.31. The lowest BCUT2D eigenvalue weighted by atomic mass is 10.0. The fourth-order valence-electron chi connectivity index (χ4n) is 4.66. The molecule has 2 aliphatic heterocycles. The molecule has 0 bridgehead atoms. The molecule has 0 spiro atoms. The summed E-state index contributed by atoms with van der Waals surface area (Å²) in [6.07, 6.45) is 0.715. The molecule has 0 N–H and O–H groups in total. The maximum absolute atomic E-state index is 13.2. The van der Waals surface area contributed by atoms with Gasteiger partial charge in [-0.05, 0) is 55.7 Å². The van der Waals surface area contributed by atoms with E-state index < -0.39 is 10.0 Å². The summed E-state index contributed by atoms with van der Waals surface area (Å²) in [5.74, 6) is 0.706. The second-order valence-corrected chi connectivity index (χ2v) is 10.8. The number of nitriles is 1. The van der Waals surface area contributed by atoms with Gasteiger partial charge in [0.2, 0.25) is 27.5 Å². The van der Waals surface area contributed by atoms with Crippen molar-refractivity contribution in [2.75, 3.05) is 24.5 Å². The molecule has 9 heteroatoms. The monoisotopic (exact) mass is 478 g/mol. The summed E-state index contributed by atoms with van der Waals surface area (Å²) in [6.45, 7) is 5.98. The fraction of sp³-hybridized carbons (Fsp3) is 0.360. The minimum atomic E-state index is -3.63. The number of hydrogen-bond donors (Lipinski definition) is 0. The van der Waals surface area contributed by atoms with Crippen LogP contribution in [-0.2, 0) is 27.7 Å². The number of fused-ring (bicyclic) bond motifs is 1. The van der Waals surface area contributed by atoms with Crippen LogP contribution in [0.25, 0.3) is 11.5 Å². The third-order valence-corrected chi connectivity index (χ3v) is 8.12. The molecule has 1 fully saturated rings. The Morgan fingerprint density at radius 3 is 2.38 bits per heavy atom. The first-order chi connectivity index (χ1) is 16.3. The number of benzene rings is 2. The van der Waals surface area contributed by atoms with Crippen molar-refractivity contribution in [1.82, 2.24) is 9.29 Å². The van der Waals surface area contributed by atoms with Crippen molar-refractivity contribution in [1.29, 1.82) is 5.26 Å². The van der Waals surface area contributed by atoms with Crippen LogP contribution in [-0.4, -0.2) is 49.5 Å². The number of aromatic nitrogens is 1. The van der Waals surface area contributed by atoms with Crippen LogP contribution in [0.3, 0.4) is 0 Å². The van der Waals surface area contributed by atoms with Gasteiger partial charge in [-0.2, -0.15) is 14.6 Å². The molecule has 0 aliphatic carbocycles. The van der Waals surface area contributed by atoms with E-state index >= 15 is 0 Å². The van der Waals surface area contributed by atoms with Gasteiger partial charge >= 0.3 is 0 Å². The van der Waals surface area contributed by atoms with Crippen LogP contribution in [0.5, 0.6) is 0 Å². The summed E-state index contributed by atoms with van der Waals surface area (Å²) in [7, 11) is -3.63. The van der Waals surface area contributed by atoms with E-state index in [0.717, 1.165) is 5.56 Å². The number of nitrogens with zero attached hydrogens (tertiary/aromatic N) is 4. The molecule has 2 atom stereocenters. The zero-order chi connectivity index (χ0) is 23.9. The van der Waals surface area contributed by atoms with E-state index in [1.54, 1.807) is 24.3 Å². The first kappa shape index (κ1) is 22.6. The first-order valence-electron chi connectivity index (χ1n) is 11.3. The predicted octanol–water partition coefficient (Wildman–Crippen LogP) is 3.57. The Labute approximate surface area is 199 Å². The van der Waals surface area contributed by atoms with Gasteiger partial charge in [0.05, 0.1) is 17.1 Å². The molecule has 1 aromatic heterocycles. The van der Waals surface area contributed by atoms with E-state index in [2.05, 4.69) is 11.1 Å². The Balaban J connectivity index is 1.38. The second kappa shape index (κ2) is 8.87. The maximum atomic E-state index is 13.2. The van der Waals surface area contributed by atoms with Crippen molar-refractivity contribution in [3.8, 4) is 17.5 Å². The second-order valence-electron chi connectivity index (χ2n) is 8.83. The highest BCUT2D eigenvalue weighted by Gasteiger charge is 2.30. The third-order valence-electron chi connectivity index (χ3n) is 6.26. The molecule has 34 heavy (non-hydrogen) atoms. The fourth-order valence-corrected chi connectivity index (χ4v) is 6.08. The highest BCUT2D eigenvalue weighted by molar-refractivity contribution is 7.89. The van der Waals surface area contributed by atoms with Gasteiger partial charge in [-0.25, -0.2) is 8.42 Å². The smallest absolute Gasteiger partial charge is 0.243 e. The van der Waals surface area contributed by atoms with E-state index in [-0.39, 0.29) is 28.7 Å². The number of anilines is 1. The zero-order valence-electron chi connectivity index (χ0n) is 19.1. The Bertz CT molecular complexity index is 1330. The van der Waals surface area contributed by atoms with Crippen molar-refractivity contribution in [2.24, 2.45) is 0 Å². The van der Waals surface area contributed by atoms with E-state index in [9.17, 15) is 13.7 Å². The molecule has 2 aliphatic rings. The van der Waals surface area contributed by atoms with Crippen molar-refractivity contribution in [3.63, 3.8) is 0 Å². The number of hydrogen-bond acceptors (Lipinski definition) is 7. The normalized spacial score (nSPS) is 21.1. The molecule has 0 amide bonds. The lowest BCUT2D eigenvalue weighted by Crippen LogP contribution is -2.45. The number of oxazole rings is 1. The highest BCUT2D eigenvalue weighted by atomic mass is 32.2. The van der Waals surface area contributed by atoms with Gasteiger partial charge in [0.1, 0.15) is 6.07 Å². The Kier molecular flexibility index (Phi) is 5.90. The molecular weight excluding hydrogens is 452 g/mol. The van der Waals surface area contributed by atoms with Gasteiger partial charge in [-0.3, -0.25) is 0 Å². The average molecular weight is 479 g/mol. The summed E-state index contributed by atoms with van der Waals surface area (Å²) in [5.41, 5.74) is 3.05. The van der Waals surface area contributed by atoms with Crippen LogP contribution in [0, 0.1) is 11.3 Å². The quantitative estimate of drug-likeness (QED) is 0.565. The molecule has 2 unspecified atom stereocenters. The Morgan fingerprint density at radius 2 is 1.71 bits per heavy atom. The summed E-state index contributed by atoms with van der Waals surface area (Å²) in [4.78, 5) is 6.55. The van der Waals surface area contributed by atoms with Crippen LogP contribution >= 0.6 is 0 Å². The first-order valence-corrected chi connectivity index (χ1v) is 12.8. The molecule has 176 valence electrons. The van der Waals surface area contributed by atoms with Crippen molar-refractivity contribution in [3.05, 3.63) is 65.4 Å². The number of rotatable bonds is 4. The standard InChI is InChI=1S/C25H26N4O4S/c1-17-14-28(15-18(2)32-17)25-23(13-26)27-24(33-25)20-7-9-22(10-8-20)34(30,31)29-12-11-19-5-3-4-6-21(19)16-29/h3-10,17-18H,11-12,14-16H2,1-2H3. The molecule has 5 rings (SSSR count). The number of sulfonamides is 1. The Morgan fingerprint density at radius 1 is 1.03 bits per heavy atom. The van der Waals surface area contributed by atoms with E-state index in [0.29, 0.717) is 44.0 Å². The van der Waals surface area contributed by atoms with Crippen LogP contribution in [0.2, 0.25) is 0 Å². The minimum Gasteiger partial charge on any atom is -0.419 e. The molecule has 0 radical (unpaired) electrons. The lowest BCUT2D eigenvalue weighted by molar-refractivity contribution is -0.00638. The van der Waals surface area contributed by atoms with Gasteiger partial charge in [0.15, 0.2) is 0 Å². The SMILES string of the molecule is CC1CN(c2oc(-c3ccc(S(=O)(=O)N4CCc5ccccc5C4)cc3)nc2C#N)CC(C)O1. The largest absolute Gasteiger partial charge is 0.419 e. The maximum Gasteiger partial charge on any atom is 0.243 e. The van der Waals surface area contributed by atoms with Crippen LogP contribution in [0.1, 0.15) is 30.7 Å². The minimum absolute atomic E-state index is 0.00934. The third kappa shape index (κ3) is 4.20. The van der Waals surface area contributed by atoms with Crippen molar-refractivity contribution in [2.45, 2.75) is 43.9 Å². The van der Waals surface area contributed by atoms with Gasteiger partial charge in [-0.1, -0.05) is 24.3 Å². The average Bonchev–Trinajstić information content (AvgIpc) is 3.28. The molecule has 0 saturated carbocycles. The van der Waals surface area contributed by atoms with Gasteiger partial charge < -0.3 is 14.1 Å². The molecule has 2 aromatic carbocycles. The van der Waals surface area contributed by atoms with Crippen LogP contribution in [0.15, 0.2) is 57.8 Å². The van der Waals surface area contributed by atoms with E-state index in [1.807, 2.05) is 43.0 Å². The molecule has 3 aromatic rings. The lowest BCUT2D eigenvalue weighted by Gasteiger charge is -2.34. The van der Waals surface area contributed by atoms with Crippen LogP contribution in [0.4, 0.5) is 5.88 Å². The molecule has 8 nitrogen and oxygen atoms in total. The summed E-state index contributed by atoms with van der Waals surface area (Å²) < 4.78 is 39.8. The molecule has 1 saturated heterocycles. The molecule has 3 heterocycles. The van der Waals surface area contributed by atoms with Gasteiger partial charge in [0.25, 0.3) is 0 Å². The Hall–Kier alpha value is -3.19. The number of ether oxygens (including phenoxy) is 1. The predicted molar refractivity (Wildman–Crippen MR) is 127 cm³/mol. The van der Waals surface area contributed by atoms with Crippen LogP contribution < -0.4 is 4.90 Å².